The third-order valence-corrected chi connectivity index (χ3v) is 5.65. The SMILES string of the molecule is O=C(Nc1nncs1)C1CCN(Cc2cc(=O)n3ccsc3n2)CC1. The van der Waals surface area contributed by atoms with Gasteiger partial charge in [-0.05, 0) is 25.9 Å². The Labute approximate surface area is 151 Å². The first kappa shape index (κ1) is 16.3. The first-order chi connectivity index (χ1) is 12.2. The van der Waals surface area contributed by atoms with Crippen molar-refractivity contribution in [3.63, 3.8) is 0 Å². The van der Waals surface area contributed by atoms with Crippen LogP contribution in [0.5, 0.6) is 0 Å². The summed E-state index contributed by atoms with van der Waals surface area (Å²) >= 11 is 2.77. The molecule has 1 aliphatic heterocycles. The highest BCUT2D eigenvalue weighted by molar-refractivity contribution is 7.15. The fourth-order valence-corrected chi connectivity index (χ4v) is 4.17. The summed E-state index contributed by atoms with van der Waals surface area (Å²) in [4.78, 5) is 31.8. The van der Waals surface area contributed by atoms with Gasteiger partial charge in [-0.15, -0.1) is 21.5 Å². The Bertz CT molecular complexity index is 927. The van der Waals surface area contributed by atoms with E-state index >= 15 is 0 Å². The predicted octanol–water partition coefficient (Wildman–Crippen LogP) is 1.46. The molecular weight excluding hydrogens is 360 g/mol. The number of fused-ring (bicyclic) bond motifs is 1. The van der Waals surface area contributed by atoms with Crippen LogP contribution in [0.2, 0.25) is 0 Å². The summed E-state index contributed by atoms with van der Waals surface area (Å²) in [6, 6.07) is 1.59. The average Bonchev–Trinajstić information content (AvgIpc) is 3.27. The van der Waals surface area contributed by atoms with E-state index in [1.807, 2.05) is 5.38 Å². The number of anilines is 1. The Morgan fingerprint density at radius 3 is 2.92 bits per heavy atom. The maximum atomic E-state index is 12.2. The normalized spacial score (nSPS) is 16.3. The number of nitrogens with one attached hydrogen (secondary N) is 1. The van der Waals surface area contributed by atoms with Crippen molar-refractivity contribution in [2.75, 3.05) is 18.4 Å². The molecule has 8 nitrogen and oxygen atoms in total. The zero-order valence-electron chi connectivity index (χ0n) is 13.3. The number of rotatable bonds is 4. The first-order valence-electron chi connectivity index (χ1n) is 7.94. The van der Waals surface area contributed by atoms with Gasteiger partial charge in [0.15, 0.2) is 4.96 Å². The number of hydrogen-bond acceptors (Lipinski definition) is 8. The molecule has 0 aliphatic carbocycles. The van der Waals surface area contributed by atoms with E-state index in [0.717, 1.165) is 31.6 Å². The van der Waals surface area contributed by atoms with Gasteiger partial charge in [-0.2, -0.15) is 0 Å². The highest BCUT2D eigenvalue weighted by Gasteiger charge is 2.25. The molecule has 0 bridgehead atoms. The predicted molar refractivity (Wildman–Crippen MR) is 95.9 cm³/mol. The molecule has 1 N–H and O–H groups in total. The molecule has 1 aliphatic rings. The van der Waals surface area contributed by atoms with Gasteiger partial charge < -0.3 is 5.32 Å². The van der Waals surface area contributed by atoms with Crippen molar-refractivity contribution in [1.82, 2.24) is 24.5 Å². The third-order valence-electron chi connectivity index (χ3n) is 4.29. The second-order valence-corrected chi connectivity index (χ2v) is 7.63. The van der Waals surface area contributed by atoms with Gasteiger partial charge in [0, 0.05) is 30.1 Å². The van der Waals surface area contributed by atoms with Crippen LogP contribution in [0.25, 0.3) is 4.96 Å². The summed E-state index contributed by atoms with van der Waals surface area (Å²) < 4.78 is 1.55. The Kier molecular flexibility index (Phi) is 4.55. The van der Waals surface area contributed by atoms with E-state index in [4.69, 9.17) is 0 Å². The van der Waals surface area contributed by atoms with E-state index in [2.05, 4.69) is 25.4 Å². The topological polar surface area (TPSA) is 92.5 Å². The van der Waals surface area contributed by atoms with Crippen molar-refractivity contribution < 1.29 is 4.79 Å². The number of nitrogens with zero attached hydrogens (tertiary/aromatic N) is 5. The molecule has 0 spiro atoms. The third kappa shape index (κ3) is 3.60. The van der Waals surface area contributed by atoms with Crippen LogP contribution in [0.15, 0.2) is 27.9 Å². The van der Waals surface area contributed by atoms with Gasteiger partial charge >= 0.3 is 0 Å². The van der Waals surface area contributed by atoms with Gasteiger partial charge in [0.25, 0.3) is 5.56 Å². The Balaban J connectivity index is 1.35. The highest BCUT2D eigenvalue weighted by Crippen LogP contribution is 2.21. The molecule has 10 heteroatoms. The van der Waals surface area contributed by atoms with Crippen LogP contribution in [0.3, 0.4) is 0 Å². The molecule has 25 heavy (non-hydrogen) atoms. The lowest BCUT2D eigenvalue weighted by atomic mass is 9.96. The minimum atomic E-state index is -0.0485. The van der Waals surface area contributed by atoms with Crippen LogP contribution >= 0.6 is 22.7 Å². The number of carbonyl (C=O) groups is 1. The van der Waals surface area contributed by atoms with Gasteiger partial charge in [-0.1, -0.05) is 11.3 Å². The largest absolute Gasteiger partial charge is 0.300 e. The van der Waals surface area contributed by atoms with Crippen molar-refractivity contribution in [2.45, 2.75) is 19.4 Å². The fraction of sp³-hybridized carbons (Fsp3) is 0.400. The van der Waals surface area contributed by atoms with Crippen molar-refractivity contribution in [3.8, 4) is 0 Å². The standard InChI is InChI=1S/C15H16N6O2S2/c22-12-7-11(17-15-21(12)5-6-24-15)8-20-3-1-10(2-4-20)13(23)18-14-19-16-9-25-14/h5-7,9-10H,1-4,8H2,(H,18,19,23). The highest BCUT2D eigenvalue weighted by atomic mass is 32.1. The zero-order chi connectivity index (χ0) is 17.2. The minimum absolute atomic E-state index is 0.00720. The summed E-state index contributed by atoms with van der Waals surface area (Å²) in [6.45, 7) is 2.24. The van der Waals surface area contributed by atoms with Crippen LogP contribution in [0.1, 0.15) is 18.5 Å². The minimum Gasteiger partial charge on any atom is -0.300 e. The number of aromatic nitrogens is 4. The van der Waals surface area contributed by atoms with Crippen LogP contribution < -0.4 is 10.9 Å². The van der Waals surface area contributed by atoms with E-state index in [1.54, 1.807) is 22.2 Å². The molecule has 0 aromatic carbocycles. The van der Waals surface area contributed by atoms with E-state index in [0.29, 0.717) is 16.6 Å². The molecule has 130 valence electrons. The van der Waals surface area contributed by atoms with Gasteiger partial charge in [0.1, 0.15) is 5.51 Å². The van der Waals surface area contributed by atoms with E-state index in [9.17, 15) is 9.59 Å². The lowest BCUT2D eigenvalue weighted by Gasteiger charge is -2.30. The molecule has 0 atom stereocenters. The molecule has 1 fully saturated rings. The summed E-state index contributed by atoms with van der Waals surface area (Å²) in [7, 11) is 0. The zero-order valence-corrected chi connectivity index (χ0v) is 14.9. The lowest BCUT2D eigenvalue weighted by Crippen LogP contribution is -2.38. The number of hydrogen-bond donors (Lipinski definition) is 1. The van der Waals surface area contributed by atoms with Crippen molar-refractivity contribution in [3.05, 3.63) is 39.2 Å². The van der Waals surface area contributed by atoms with Gasteiger partial charge in [-0.25, -0.2) is 4.98 Å². The smallest absolute Gasteiger partial charge is 0.258 e. The average molecular weight is 376 g/mol. The number of amides is 1. The van der Waals surface area contributed by atoms with Crippen LogP contribution in [-0.4, -0.2) is 43.5 Å². The number of carbonyl (C=O) groups excluding carboxylic acids is 1. The Hall–Kier alpha value is -2.17. The summed E-state index contributed by atoms with van der Waals surface area (Å²) in [6.07, 6.45) is 3.30. The number of likely N-dealkylation sites (tertiary alicyclic amines) is 1. The van der Waals surface area contributed by atoms with Crippen molar-refractivity contribution >= 4 is 38.7 Å². The second kappa shape index (κ2) is 6.98. The summed E-state index contributed by atoms with van der Waals surface area (Å²) in [5.41, 5.74) is 2.33. The van der Waals surface area contributed by atoms with Crippen molar-refractivity contribution in [2.24, 2.45) is 5.92 Å². The monoisotopic (exact) mass is 376 g/mol. The van der Waals surface area contributed by atoms with E-state index in [-0.39, 0.29) is 17.4 Å². The first-order valence-corrected chi connectivity index (χ1v) is 9.70. The van der Waals surface area contributed by atoms with E-state index in [1.165, 1.54) is 22.7 Å². The van der Waals surface area contributed by atoms with E-state index < -0.39 is 0 Å². The van der Waals surface area contributed by atoms with Crippen LogP contribution in [0, 0.1) is 5.92 Å². The Morgan fingerprint density at radius 2 is 2.16 bits per heavy atom. The number of thiazole rings is 1. The van der Waals surface area contributed by atoms with Gasteiger partial charge in [-0.3, -0.25) is 18.9 Å². The van der Waals surface area contributed by atoms with Crippen LogP contribution in [0.4, 0.5) is 5.13 Å². The van der Waals surface area contributed by atoms with Crippen LogP contribution in [-0.2, 0) is 11.3 Å². The fourth-order valence-electron chi connectivity index (χ4n) is 2.99. The maximum absolute atomic E-state index is 12.2. The van der Waals surface area contributed by atoms with Gasteiger partial charge in [0.05, 0.1) is 5.69 Å². The molecule has 4 rings (SSSR count). The molecule has 0 radical (unpaired) electrons. The molecule has 0 unspecified atom stereocenters. The van der Waals surface area contributed by atoms with Gasteiger partial charge in [0.2, 0.25) is 11.0 Å². The maximum Gasteiger partial charge on any atom is 0.258 e. The molecule has 4 heterocycles. The summed E-state index contributed by atoms with van der Waals surface area (Å²) in [5.74, 6) is -0.00807. The van der Waals surface area contributed by atoms with Crippen molar-refractivity contribution in [1.29, 1.82) is 0 Å². The molecule has 1 saturated heterocycles. The second-order valence-electron chi connectivity index (χ2n) is 5.92. The molecular formula is C15H16N6O2S2. The summed E-state index contributed by atoms with van der Waals surface area (Å²) in [5, 5.41) is 12.8. The molecule has 1 amide bonds. The number of piperidine rings is 1. The lowest BCUT2D eigenvalue weighted by molar-refractivity contribution is -0.121. The molecule has 3 aromatic rings. The quantitative estimate of drug-likeness (QED) is 0.741. The molecule has 0 saturated carbocycles. The Morgan fingerprint density at radius 1 is 1.32 bits per heavy atom. The molecule has 3 aromatic heterocycles.